The molecule has 0 spiro atoms. The van der Waals surface area contributed by atoms with Crippen LogP contribution in [0.1, 0.15) is 17.2 Å². The zero-order valence-corrected chi connectivity index (χ0v) is 11.0. The molecule has 2 amide bonds. The lowest BCUT2D eigenvalue weighted by Crippen LogP contribution is -2.33. The number of ether oxygens (including phenoxy) is 1. The van der Waals surface area contributed by atoms with E-state index in [1.165, 1.54) is 12.0 Å². The Morgan fingerprint density at radius 1 is 1.65 bits per heavy atom. The highest BCUT2D eigenvalue weighted by Crippen LogP contribution is 2.30. The van der Waals surface area contributed by atoms with Crippen LogP contribution in [0.2, 0.25) is 0 Å². The Hall–Kier alpha value is -2.81. The van der Waals surface area contributed by atoms with Crippen molar-refractivity contribution in [2.24, 2.45) is 10.7 Å². The zero-order chi connectivity index (χ0) is 14.7. The Balaban J connectivity index is 2.44. The van der Waals surface area contributed by atoms with Crippen LogP contribution in [0.3, 0.4) is 0 Å². The lowest BCUT2D eigenvalue weighted by Gasteiger charge is -2.23. The van der Waals surface area contributed by atoms with Gasteiger partial charge >= 0.3 is 6.03 Å². The van der Waals surface area contributed by atoms with E-state index in [9.17, 15) is 4.79 Å². The predicted octanol–water partition coefficient (Wildman–Crippen LogP) is 1.59. The van der Waals surface area contributed by atoms with Gasteiger partial charge in [0.05, 0.1) is 12.7 Å². The number of methoxy groups -OCH3 is 1. The van der Waals surface area contributed by atoms with Crippen molar-refractivity contribution in [2.45, 2.75) is 6.04 Å². The normalized spacial score (nSPS) is 17.6. The topological polar surface area (TPSA) is 91.7 Å². The van der Waals surface area contributed by atoms with E-state index in [0.29, 0.717) is 17.9 Å². The first-order valence-electron chi connectivity index (χ1n) is 5.96. The number of nitrogens with two attached hydrogens (primary N) is 1. The van der Waals surface area contributed by atoms with Gasteiger partial charge in [0, 0.05) is 6.54 Å². The van der Waals surface area contributed by atoms with Gasteiger partial charge in [-0.1, -0.05) is 12.1 Å². The fourth-order valence-electron chi connectivity index (χ4n) is 2.16. The quantitative estimate of drug-likeness (QED) is 0.841. The Labute approximate surface area is 116 Å². The molecule has 0 bridgehead atoms. The molecule has 1 aromatic rings. The summed E-state index contributed by atoms with van der Waals surface area (Å²) in [5.74, 6) is 0.692. The summed E-state index contributed by atoms with van der Waals surface area (Å²) in [6, 6.07) is 6.27. The first kappa shape index (κ1) is 13.6. The van der Waals surface area contributed by atoms with Gasteiger partial charge in [-0.3, -0.25) is 0 Å². The number of amides is 2. The minimum atomic E-state index is -0.474. The monoisotopic (exact) mass is 270 g/mol. The first-order valence-corrected chi connectivity index (χ1v) is 5.96. The van der Waals surface area contributed by atoms with Crippen LogP contribution in [0.25, 0.3) is 0 Å². The largest absolute Gasteiger partial charge is 0.495 e. The lowest BCUT2D eigenvalue weighted by molar-refractivity contribution is 0.213. The molecular formula is C14H14N4O2. The van der Waals surface area contributed by atoms with E-state index in [2.05, 4.69) is 17.6 Å². The van der Waals surface area contributed by atoms with Crippen molar-refractivity contribution >= 4 is 11.9 Å². The number of amidine groups is 1. The SMILES string of the molecule is C=CCN1C(=O)N=C(N)C1c1ccc(OC)c(C#N)c1. The Morgan fingerprint density at radius 3 is 3.00 bits per heavy atom. The van der Waals surface area contributed by atoms with Crippen LogP contribution in [0.5, 0.6) is 5.75 Å². The Kier molecular flexibility index (Phi) is 3.71. The number of nitrogens with zero attached hydrogens (tertiary/aromatic N) is 3. The molecule has 1 unspecified atom stereocenters. The molecule has 2 N–H and O–H groups in total. The van der Waals surface area contributed by atoms with Crippen molar-refractivity contribution in [3.8, 4) is 11.8 Å². The smallest absolute Gasteiger partial charge is 0.346 e. The van der Waals surface area contributed by atoms with Crippen LogP contribution in [0, 0.1) is 11.3 Å². The van der Waals surface area contributed by atoms with Gasteiger partial charge in [-0.25, -0.2) is 4.79 Å². The van der Waals surface area contributed by atoms with Gasteiger partial charge in [0.2, 0.25) is 0 Å². The summed E-state index contributed by atoms with van der Waals surface area (Å²) in [6.07, 6.45) is 1.60. The maximum absolute atomic E-state index is 11.8. The van der Waals surface area contributed by atoms with Crippen molar-refractivity contribution in [3.63, 3.8) is 0 Å². The molecule has 102 valence electrons. The standard InChI is InChI=1S/C14H14N4O2/c1-3-6-18-12(13(16)17-14(18)19)9-4-5-11(20-2)10(7-9)8-15/h3-5,7,12H,1,6H2,2H3,(H2,16,17,19). The number of rotatable bonds is 4. The summed E-state index contributed by atoms with van der Waals surface area (Å²) < 4.78 is 5.10. The molecule has 1 aliphatic heterocycles. The molecular weight excluding hydrogens is 256 g/mol. The van der Waals surface area contributed by atoms with Crippen molar-refractivity contribution in [1.29, 1.82) is 5.26 Å². The number of hydrogen-bond acceptors (Lipinski definition) is 4. The zero-order valence-electron chi connectivity index (χ0n) is 11.0. The minimum absolute atomic E-state index is 0.214. The van der Waals surface area contributed by atoms with Crippen molar-refractivity contribution in [3.05, 3.63) is 42.0 Å². The third-order valence-corrected chi connectivity index (χ3v) is 3.05. The third-order valence-electron chi connectivity index (χ3n) is 3.05. The third kappa shape index (κ3) is 2.21. The summed E-state index contributed by atoms with van der Waals surface area (Å²) in [7, 11) is 1.49. The van der Waals surface area contributed by atoms with Gasteiger partial charge in [0.15, 0.2) is 0 Å². The molecule has 1 atom stereocenters. The van der Waals surface area contributed by atoms with Crippen LogP contribution in [-0.4, -0.2) is 30.4 Å². The summed E-state index contributed by atoms with van der Waals surface area (Å²) in [5.41, 5.74) is 6.93. The second kappa shape index (κ2) is 5.45. The molecule has 0 saturated heterocycles. The number of carbonyl (C=O) groups excluding carboxylic acids is 1. The molecule has 0 fully saturated rings. The minimum Gasteiger partial charge on any atom is -0.495 e. The second-order valence-electron chi connectivity index (χ2n) is 4.23. The van der Waals surface area contributed by atoms with Crippen molar-refractivity contribution in [1.82, 2.24) is 4.90 Å². The van der Waals surface area contributed by atoms with Crippen molar-refractivity contribution < 1.29 is 9.53 Å². The number of aliphatic imine (C=N–C) groups is 1. The van der Waals surface area contributed by atoms with Crippen LogP contribution < -0.4 is 10.5 Å². The van der Waals surface area contributed by atoms with E-state index in [4.69, 9.17) is 15.7 Å². The van der Waals surface area contributed by atoms with Crippen LogP contribution in [0.4, 0.5) is 4.79 Å². The average Bonchev–Trinajstić information content (AvgIpc) is 2.73. The molecule has 20 heavy (non-hydrogen) atoms. The lowest BCUT2D eigenvalue weighted by atomic mass is 10.0. The maximum Gasteiger partial charge on any atom is 0.346 e. The fraction of sp³-hybridized carbons (Fsp3) is 0.214. The predicted molar refractivity (Wildman–Crippen MR) is 74.4 cm³/mol. The van der Waals surface area contributed by atoms with Gasteiger partial charge in [-0.15, -0.1) is 6.58 Å². The van der Waals surface area contributed by atoms with E-state index < -0.39 is 12.1 Å². The summed E-state index contributed by atoms with van der Waals surface area (Å²) in [4.78, 5) is 17.0. The van der Waals surface area contributed by atoms with Gasteiger partial charge in [0.1, 0.15) is 23.7 Å². The van der Waals surface area contributed by atoms with Gasteiger partial charge in [0.25, 0.3) is 0 Å². The molecule has 1 aromatic carbocycles. The van der Waals surface area contributed by atoms with E-state index >= 15 is 0 Å². The van der Waals surface area contributed by atoms with E-state index in [1.807, 2.05) is 0 Å². The highest BCUT2D eigenvalue weighted by Gasteiger charge is 2.34. The molecule has 2 rings (SSSR count). The molecule has 0 aromatic heterocycles. The molecule has 1 aliphatic rings. The molecule has 6 nitrogen and oxygen atoms in total. The highest BCUT2D eigenvalue weighted by atomic mass is 16.5. The molecule has 1 heterocycles. The van der Waals surface area contributed by atoms with Crippen molar-refractivity contribution in [2.75, 3.05) is 13.7 Å². The van der Waals surface area contributed by atoms with Gasteiger partial charge in [-0.2, -0.15) is 10.3 Å². The summed E-state index contributed by atoms with van der Waals surface area (Å²) >= 11 is 0. The van der Waals surface area contributed by atoms with E-state index in [-0.39, 0.29) is 5.84 Å². The van der Waals surface area contributed by atoms with Gasteiger partial charge in [-0.05, 0) is 17.7 Å². The van der Waals surface area contributed by atoms with Crippen LogP contribution in [0.15, 0.2) is 35.8 Å². The number of carbonyl (C=O) groups is 1. The summed E-state index contributed by atoms with van der Waals surface area (Å²) in [5, 5.41) is 9.12. The first-order chi connectivity index (χ1) is 9.62. The second-order valence-corrected chi connectivity index (χ2v) is 4.23. The summed E-state index contributed by atoms with van der Waals surface area (Å²) in [6.45, 7) is 3.95. The van der Waals surface area contributed by atoms with E-state index in [1.54, 1.807) is 24.3 Å². The Bertz CT molecular complexity index is 631. The average molecular weight is 270 g/mol. The van der Waals surface area contributed by atoms with Crippen LogP contribution >= 0.6 is 0 Å². The van der Waals surface area contributed by atoms with Gasteiger partial charge < -0.3 is 15.4 Å². The number of urea groups is 1. The highest BCUT2D eigenvalue weighted by molar-refractivity contribution is 6.03. The molecule has 0 radical (unpaired) electrons. The number of benzene rings is 1. The molecule has 0 aliphatic carbocycles. The Morgan fingerprint density at radius 2 is 2.40 bits per heavy atom. The fourth-order valence-corrected chi connectivity index (χ4v) is 2.16. The molecule has 6 heteroatoms. The maximum atomic E-state index is 11.8. The molecule has 0 saturated carbocycles. The number of hydrogen-bond donors (Lipinski definition) is 1. The number of nitriles is 1. The van der Waals surface area contributed by atoms with E-state index in [0.717, 1.165) is 5.56 Å². The van der Waals surface area contributed by atoms with Crippen LogP contribution in [-0.2, 0) is 0 Å².